The van der Waals surface area contributed by atoms with Crippen molar-refractivity contribution in [1.82, 2.24) is 4.72 Å². The van der Waals surface area contributed by atoms with Crippen LogP contribution < -0.4 is 4.72 Å². The van der Waals surface area contributed by atoms with Crippen LogP contribution in [-0.4, -0.2) is 25.3 Å². The zero-order valence-electron chi connectivity index (χ0n) is 10.3. The van der Waals surface area contributed by atoms with Crippen molar-refractivity contribution in [3.8, 4) is 0 Å². The number of hydrogen-bond donors (Lipinski definition) is 1. The molecule has 1 N–H and O–H groups in total. The molecule has 0 radical (unpaired) electrons. The summed E-state index contributed by atoms with van der Waals surface area (Å²) in [5.41, 5.74) is 1.57. The van der Waals surface area contributed by atoms with Crippen LogP contribution in [0.25, 0.3) is 0 Å². The second kappa shape index (κ2) is 5.03. The number of nitrogens with one attached hydrogen (secondary N) is 1. The molecule has 6 heteroatoms. The van der Waals surface area contributed by atoms with Gasteiger partial charge in [0.05, 0.1) is 10.9 Å². The minimum Gasteiger partial charge on any atom is -0.285 e. The third-order valence-corrected chi connectivity index (χ3v) is 5.49. The summed E-state index contributed by atoms with van der Waals surface area (Å²) in [5, 5.41) is -0.0936. The topological polar surface area (TPSA) is 63.2 Å². The quantitative estimate of drug-likeness (QED) is 0.916. The highest BCUT2D eigenvalue weighted by molar-refractivity contribution is 8.14. The van der Waals surface area contributed by atoms with Crippen LogP contribution in [-0.2, 0) is 14.8 Å². The summed E-state index contributed by atoms with van der Waals surface area (Å²) < 4.78 is 27.0. The molecule has 2 rings (SSSR count). The normalized spacial score (nSPS) is 20.3. The van der Waals surface area contributed by atoms with Gasteiger partial charge in [0, 0.05) is 5.75 Å². The van der Waals surface area contributed by atoms with E-state index in [1.54, 1.807) is 19.1 Å². The van der Waals surface area contributed by atoms with Gasteiger partial charge in [0.15, 0.2) is 0 Å². The average Bonchev–Trinajstić information content (AvgIpc) is 2.67. The lowest BCUT2D eigenvalue weighted by Crippen LogP contribution is -2.37. The lowest BCUT2D eigenvalue weighted by atomic mass is 10.2. The summed E-state index contributed by atoms with van der Waals surface area (Å²) in [4.78, 5) is 11.7. The summed E-state index contributed by atoms with van der Waals surface area (Å²) in [6.07, 6.45) is 0.563. The zero-order valence-corrected chi connectivity index (χ0v) is 11.9. The minimum atomic E-state index is -3.61. The number of rotatable bonds is 3. The summed E-state index contributed by atoms with van der Waals surface area (Å²) in [7, 11) is -3.61. The van der Waals surface area contributed by atoms with Crippen LogP contribution in [0.15, 0.2) is 23.1 Å². The van der Waals surface area contributed by atoms with Gasteiger partial charge in [-0.2, -0.15) is 4.72 Å². The van der Waals surface area contributed by atoms with Crippen molar-refractivity contribution >= 4 is 26.9 Å². The van der Waals surface area contributed by atoms with Crippen LogP contribution in [0.1, 0.15) is 17.5 Å². The number of carbonyl (C=O) groups is 1. The van der Waals surface area contributed by atoms with Gasteiger partial charge in [0.2, 0.25) is 15.1 Å². The van der Waals surface area contributed by atoms with E-state index >= 15 is 0 Å². The Labute approximate surface area is 111 Å². The third-order valence-electron chi connectivity index (χ3n) is 2.87. The Morgan fingerprint density at radius 1 is 1.33 bits per heavy atom. The van der Waals surface area contributed by atoms with Crippen molar-refractivity contribution in [2.24, 2.45) is 0 Å². The van der Waals surface area contributed by atoms with Gasteiger partial charge in [0.1, 0.15) is 0 Å². The van der Waals surface area contributed by atoms with Crippen LogP contribution in [0.3, 0.4) is 0 Å². The van der Waals surface area contributed by atoms with Crippen molar-refractivity contribution in [3.05, 3.63) is 29.3 Å². The van der Waals surface area contributed by atoms with Gasteiger partial charge in [-0.05, 0) is 37.5 Å². The second-order valence-electron chi connectivity index (χ2n) is 4.40. The highest BCUT2D eigenvalue weighted by atomic mass is 32.2. The molecule has 1 aromatic carbocycles. The van der Waals surface area contributed by atoms with Crippen LogP contribution >= 0.6 is 11.8 Å². The number of benzene rings is 1. The molecule has 1 aliphatic rings. The molecule has 4 nitrogen and oxygen atoms in total. The van der Waals surface area contributed by atoms with E-state index in [1.807, 2.05) is 13.0 Å². The summed E-state index contributed by atoms with van der Waals surface area (Å²) >= 11 is 1.18. The molecule has 1 aliphatic heterocycles. The first kappa shape index (κ1) is 13.6. The molecular formula is C12H15NO3S2. The van der Waals surface area contributed by atoms with Crippen molar-refractivity contribution < 1.29 is 13.2 Å². The molecule has 0 aliphatic carbocycles. The van der Waals surface area contributed by atoms with E-state index in [0.717, 1.165) is 5.56 Å². The predicted octanol–water partition coefficient (Wildman–Crippen LogP) is 1.61. The molecule has 18 heavy (non-hydrogen) atoms. The zero-order chi connectivity index (χ0) is 13.3. The van der Waals surface area contributed by atoms with Gasteiger partial charge < -0.3 is 0 Å². The number of aryl methyl sites for hydroxylation is 2. The fraction of sp³-hybridized carbons (Fsp3) is 0.417. The molecule has 0 spiro atoms. The minimum absolute atomic E-state index is 0.0936. The van der Waals surface area contributed by atoms with E-state index in [4.69, 9.17) is 0 Å². The highest BCUT2D eigenvalue weighted by Crippen LogP contribution is 2.23. The number of carbonyl (C=O) groups excluding carboxylic acids is 1. The standard InChI is InChI=1S/C12H15NO3S2/c1-8-3-4-9(2)11(7-8)18(15,16)13-10-5-6-17-12(10)14/h3-4,7,10,13H,5-6H2,1-2H3. The average molecular weight is 285 g/mol. The van der Waals surface area contributed by atoms with E-state index < -0.39 is 16.1 Å². The Kier molecular flexibility index (Phi) is 3.79. The van der Waals surface area contributed by atoms with E-state index in [2.05, 4.69) is 4.72 Å². The molecule has 0 amide bonds. The third kappa shape index (κ3) is 2.76. The summed E-state index contributed by atoms with van der Waals surface area (Å²) in [5.74, 6) is 0.679. The maximum atomic E-state index is 12.2. The van der Waals surface area contributed by atoms with Crippen LogP contribution in [0.5, 0.6) is 0 Å². The van der Waals surface area contributed by atoms with Gasteiger partial charge in [-0.25, -0.2) is 8.42 Å². The van der Waals surface area contributed by atoms with E-state index in [9.17, 15) is 13.2 Å². The molecule has 98 valence electrons. The van der Waals surface area contributed by atoms with Gasteiger partial charge in [-0.3, -0.25) is 4.79 Å². The molecule has 1 unspecified atom stereocenters. The molecule has 0 aromatic heterocycles. The monoisotopic (exact) mass is 285 g/mol. The lowest BCUT2D eigenvalue weighted by Gasteiger charge is -2.13. The largest absolute Gasteiger partial charge is 0.285 e. The van der Waals surface area contributed by atoms with Crippen LogP contribution in [0, 0.1) is 13.8 Å². The van der Waals surface area contributed by atoms with Crippen molar-refractivity contribution in [1.29, 1.82) is 0 Å². The fourth-order valence-electron chi connectivity index (χ4n) is 1.85. The molecule has 1 fully saturated rings. The number of thioether (sulfide) groups is 1. The highest BCUT2D eigenvalue weighted by Gasteiger charge is 2.30. The van der Waals surface area contributed by atoms with E-state index in [-0.39, 0.29) is 10.0 Å². The Balaban J connectivity index is 2.30. The molecular weight excluding hydrogens is 270 g/mol. The second-order valence-corrected chi connectivity index (χ2v) is 7.18. The SMILES string of the molecule is Cc1ccc(C)c(S(=O)(=O)NC2CCSC2=O)c1. The first-order valence-electron chi connectivity index (χ1n) is 5.66. The Morgan fingerprint density at radius 2 is 2.06 bits per heavy atom. The van der Waals surface area contributed by atoms with E-state index in [0.29, 0.717) is 17.7 Å². The maximum Gasteiger partial charge on any atom is 0.241 e. The van der Waals surface area contributed by atoms with Crippen molar-refractivity contribution in [2.45, 2.75) is 31.2 Å². The number of sulfonamides is 1. The predicted molar refractivity (Wildman–Crippen MR) is 72.1 cm³/mol. The van der Waals surface area contributed by atoms with Gasteiger partial charge in [0.25, 0.3) is 0 Å². The number of hydrogen-bond acceptors (Lipinski definition) is 4. The Bertz CT molecular complexity index is 581. The first-order valence-corrected chi connectivity index (χ1v) is 8.13. The van der Waals surface area contributed by atoms with Gasteiger partial charge >= 0.3 is 0 Å². The van der Waals surface area contributed by atoms with Crippen molar-refractivity contribution in [3.63, 3.8) is 0 Å². The lowest BCUT2D eigenvalue weighted by molar-refractivity contribution is -0.111. The first-order chi connectivity index (χ1) is 8.40. The Morgan fingerprint density at radius 3 is 2.67 bits per heavy atom. The maximum absolute atomic E-state index is 12.2. The summed E-state index contributed by atoms with van der Waals surface area (Å²) in [6, 6.07) is 4.68. The molecule has 1 aromatic rings. The Hall–Kier alpha value is -0.850. The summed E-state index contributed by atoms with van der Waals surface area (Å²) in [6.45, 7) is 3.59. The molecule has 1 heterocycles. The van der Waals surface area contributed by atoms with Crippen LogP contribution in [0.4, 0.5) is 0 Å². The molecule has 1 saturated heterocycles. The van der Waals surface area contributed by atoms with Gasteiger partial charge in [-0.15, -0.1) is 0 Å². The molecule has 0 bridgehead atoms. The van der Waals surface area contributed by atoms with E-state index in [1.165, 1.54) is 11.8 Å². The molecule has 0 saturated carbocycles. The smallest absolute Gasteiger partial charge is 0.241 e. The fourth-order valence-corrected chi connectivity index (χ4v) is 4.42. The molecule has 1 atom stereocenters. The van der Waals surface area contributed by atoms with Crippen molar-refractivity contribution in [2.75, 3.05) is 5.75 Å². The van der Waals surface area contributed by atoms with Crippen LogP contribution in [0.2, 0.25) is 0 Å². The van der Waals surface area contributed by atoms with Gasteiger partial charge in [-0.1, -0.05) is 23.9 Å².